The van der Waals surface area contributed by atoms with E-state index in [-0.39, 0.29) is 11.9 Å². The molecule has 1 amide bonds. The summed E-state index contributed by atoms with van der Waals surface area (Å²) in [7, 11) is 0. The molecule has 0 aliphatic carbocycles. The maximum Gasteiger partial charge on any atom is 0.226 e. The average Bonchev–Trinajstić information content (AvgIpc) is 3.05. The van der Waals surface area contributed by atoms with Gasteiger partial charge in [0.05, 0.1) is 34.8 Å². The predicted octanol–water partition coefficient (Wildman–Crippen LogP) is 3.77. The number of benzene rings is 1. The molecular weight excluding hydrogens is 314 g/mol. The first-order chi connectivity index (χ1) is 11.9. The fourth-order valence-corrected chi connectivity index (χ4v) is 3.22. The lowest BCUT2D eigenvalue weighted by Gasteiger charge is -2.09. The minimum absolute atomic E-state index is 0.0215. The zero-order chi connectivity index (χ0) is 18.1. The van der Waals surface area contributed by atoms with Gasteiger partial charge in [0.25, 0.3) is 0 Å². The number of nitrogens with one attached hydrogen (secondary N) is 1. The molecule has 0 bridgehead atoms. The summed E-state index contributed by atoms with van der Waals surface area (Å²) in [5.74, 6) is -0.0215. The van der Waals surface area contributed by atoms with Gasteiger partial charge < -0.3 is 5.32 Å². The number of hydrogen-bond acceptors (Lipinski definition) is 3. The van der Waals surface area contributed by atoms with Crippen LogP contribution in [-0.2, 0) is 11.3 Å². The van der Waals surface area contributed by atoms with Gasteiger partial charge in [-0.05, 0) is 40.7 Å². The lowest BCUT2D eigenvalue weighted by atomic mass is 10.2. The molecule has 0 spiro atoms. The molecule has 0 fully saturated rings. The van der Waals surface area contributed by atoms with Crippen LogP contribution >= 0.6 is 0 Å². The third-order valence-corrected chi connectivity index (χ3v) is 4.47. The molecule has 3 rings (SSSR count). The summed E-state index contributed by atoms with van der Waals surface area (Å²) in [6.07, 6.45) is 0.372. The van der Waals surface area contributed by atoms with Crippen molar-refractivity contribution in [3.63, 3.8) is 0 Å². The third-order valence-electron chi connectivity index (χ3n) is 4.47. The van der Waals surface area contributed by atoms with E-state index < -0.39 is 0 Å². The molecule has 3 aromatic rings. The van der Waals surface area contributed by atoms with Crippen molar-refractivity contribution in [3.05, 3.63) is 41.3 Å². The lowest BCUT2D eigenvalue weighted by Crippen LogP contribution is -2.16. The van der Waals surface area contributed by atoms with Gasteiger partial charge in [-0.2, -0.15) is 10.2 Å². The Bertz CT molecular complexity index is 919. The van der Waals surface area contributed by atoms with Crippen molar-refractivity contribution in [2.45, 2.75) is 53.6 Å². The first-order valence-corrected chi connectivity index (χ1v) is 8.66. The van der Waals surface area contributed by atoms with Crippen LogP contribution in [0, 0.1) is 20.8 Å². The predicted molar refractivity (Wildman–Crippen MR) is 99.8 cm³/mol. The van der Waals surface area contributed by atoms with E-state index in [1.54, 1.807) is 0 Å². The number of hydrogen-bond donors (Lipinski definition) is 1. The van der Waals surface area contributed by atoms with Crippen LogP contribution in [0.5, 0.6) is 0 Å². The molecule has 2 heterocycles. The van der Waals surface area contributed by atoms with E-state index in [1.807, 2.05) is 48.3 Å². The van der Waals surface area contributed by atoms with Crippen LogP contribution in [0.2, 0.25) is 0 Å². The van der Waals surface area contributed by atoms with E-state index in [2.05, 4.69) is 35.4 Å². The van der Waals surface area contributed by atoms with E-state index in [4.69, 9.17) is 0 Å². The number of aromatic nitrogens is 4. The molecule has 0 saturated carbocycles. The number of anilines is 1. The highest BCUT2D eigenvalue weighted by Crippen LogP contribution is 2.23. The van der Waals surface area contributed by atoms with Crippen LogP contribution in [0.25, 0.3) is 10.9 Å². The molecular formula is C19H25N5O. The SMILES string of the molecule is Cc1nn(C(C)C)c(C)c1NC(=O)CCn1nc(C)c2ccccc21. The van der Waals surface area contributed by atoms with Crippen molar-refractivity contribution in [1.29, 1.82) is 0 Å². The topological polar surface area (TPSA) is 64.7 Å². The Morgan fingerprint density at radius 1 is 1.12 bits per heavy atom. The highest BCUT2D eigenvalue weighted by molar-refractivity contribution is 5.92. The summed E-state index contributed by atoms with van der Waals surface area (Å²) in [4.78, 5) is 12.4. The fraction of sp³-hybridized carbons (Fsp3) is 0.421. The first-order valence-electron chi connectivity index (χ1n) is 8.66. The van der Waals surface area contributed by atoms with Gasteiger partial charge in [0, 0.05) is 17.8 Å². The van der Waals surface area contributed by atoms with Crippen LogP contribution < -0.4 is 5.32 Å². The molecule has 25 heavy (non-hydrogen) atoms. The summed E-state index contributed by atoms with van der Waals surface area (Å²) in [5, 5.41) is 13.2. The van der Waals surface area contributed by atoms with Gasteiger partial charge in [-0.25, -0.2) is 0 Å². The molecule has 0 aliphatic heterocycles. The second-order valence-corrected chi connectivity index (χ2v) is 6.71. The first kappa shape index (κ1) is 17.2. The van der Waals surface area contributed by atoms with E-state index in [9.17, 15) is 4.79 Å². The Labute approximate surface area is 147 Å². The highest BCUT2D eigenvalue weighted by Gasteiger charge is 2.16. The molecule has 6 heteroatoms. The molecule has 0 atom stereocenters. The van der Waals surface area contributed by atoms with Crippen LogP contribution in [0.4, 0.5) is 5.69 Å². The number of rotatable bonds is 5. The number of amides is 1. The molecule has 0 saturated heterocycles. The molecule has 0 unspecified atom stereocenters. The molecule has 1 aromatic carbocycles. The zero-order valence-electron chi connectivity index (χ0n) is 15.5. The summed E-state index contributed by atoms with van der Waals surface area (Å²) in [6.45, 7) is 10.6. The Balaban J connectivity index is 1.71. The summed E-state index contributed by atoms with van der Waals surface area (Å²) in [6, 6.07) is 8.36. The van der Waals surface area contributed by atoms with Gasteiger partial charge in [0.2, 0.25) is 5.91 Å². The van der Waals surface area contributed by atoms with Crippen molar-refractivity contribution >= 4 is 22.5 Å². The van der Waals surface area contributed by atoms with E-state index in [0.29, 0.717) is 13.0 Å². The van der Waals surface area contributed by atoms with Crippen LogP contribution in [0.3, 0.4) is 0 Å². The maximum absolute atomic E-state index is 12.4. The summed E-state index contributed by atoms with van der Waals surface area (Å²) >= 11 is 0. The van der Waals surface area contributed by atoms with Crippen LogP contribution in [0.1, 0.15) is 43.4 Å². The normalized spacial score (nSPS) is 11.4. The highest BCUT2D eigenvalue weighted by atomic mass is 16.1. The standard InChI is InChI=1S/C19H25N5O/c1-12(2)24-15(5)19(14(4)22-24)20-18(25)10-11-23-17-9-7-6-8-16(17)13(3)21-23/h6-9,12H,10-11H2,1-5H3,(H,20,25). The Kier molecular flexibility index (Phi) is 4.61. The minimum Gasteiger partial charge on any atom is -0.323 e. The number of aryl methyl sites for hydroxylation is 3. The van der Waals surface area contributed by atoms with E-state index in [1.165, 1.54) is 0 Å². The van der Waals surface area contributed by atoms with Crippen molar-refractivity contribution in [2.24, 2.45) is 0 Å². The van der Waals surface area contributed by atoms with Crippen LogP contribution in [0.15, 0.2) is 24.3 Å². The summed E-state index contributed by atoms with van der Waals surface area (Å²) < 4.78 is 3.84. The molecule has 0 radical (unpaired) electrons. The number of nitrogens with zero attached hydrogens (tertiary/aromatic N) is 4. The number of fused-ring (bicyclic) bond motifs is 1. The van der Waals surface area contributed by atoms with Gasteiger partial charge in [0.15, 0.2) is 0 Å². The monoisotopic (exact) mass is 339 g/mol. The Morgan fingerprint density at radius 2 is 1.84 bits per heavy atom. The summed E-state index contributed by atoms with van der Waals surface area (Å²) in [5.41, 5.74) is 4.70. The van der Waals surface area contributed by atoms with Crippen LogP contribution in [-0.4, -0.2) is 25.5 Å². The second kappa shape index (κ2) is 6.70. The minimum atomic E-state index is -0.0215. The van der Waals surface area contributed by atoms with E-state index >= 15 is 0 Å². The average molecular weight is 339 g/mol. The van der Waals surface area contributed by atoms with Gasteiger partial charge in [-0.1, -0.05) is 18.2 Å². The van der Waals surface area contributed by atoms with Crippen molar-refractivity contribution in [2.75, 3.05) is 5.32 Å². The van der Waals surface area contributed by atoms with Gasteiger partial charge in [0.1, 0.15) is 0 Å². The zero-order valence-corrected chi connectivity index (χ0v) is 15.5. The second-order valence-electron chi connectivity index (χ2n) is 6.71. The molecule has 1 N–H and O–H groups in total. The Hall–Kier alpha value is -2.63. The van der Waals surface area contributed by atoms with Crippen molar-refractivity contribution in [1.82, 2.24) is 19.6 Å². The van der Waals surface area contributed by atoms with Gasteiger partial charge >= 0.3 is 0 Å². The van der Waals surface area contributed by atoms with Crippen molar-refractivity contribution < 1.29 is 4.79 Å². The third kappa shape index (κ3) is 3.29. The van der Waals surface area contributed by atoms with Gasteiger partial charge in [-0.15, -0.1) is 0 Å². The quantitative estimate of drug-likeness (QED) is 0.769. The smallest absolute Gasteiger partial charge is 0.226 e. The molecule has 6 nitrogen and oxygen atoms in total. The van der Waals surface area contributed by atoms with E-state index in [0.717, 1.165) is 33.7 Å². The Morgan fingerprint density at radius 3 is 2.52 bits per heavy atom. The fourth-order valence-electron chi connectivity index (χ4n) is 3.22. The molecule has 0 aliphatic rings. The molecule has 132 valence electrons. The lowest BCUT2D eigenvalue weighted by molar-refractivity contribution is -0.116. The van der Waals surface area contributed by atoms with Gasteiger partial charge in [-0.3, -0.25) is 14.2 Å². The number of carbonyl (C=O) groups is 1. The largest absolute Gasteiger partial charge is 0.323 e. The molecule has 2 aromatic heterocycles. The number of para-hydroxylation sites is 1. The number of carbonyl (C=O) groups excluding carboxylic acids is 1. The maximum atomic E-state index is 12.4. The van der Waals surface area contributed by atoms with Crippen molar-refractivity contribution in [3.8, 4) is 0 Å².